The number of hydrogen-bond donors (Lipinski definition) is 1. The van der Waals surface area contributed by atoms with Crippen molar-refractivity contribution >= 4 is 22.6 Å². The predicted octanol–water partition coefficient (Wildman–Crippen LogP) is 3.19. The van der Waals surface area contributed by atoms with Crippen molar-refractivity contribution in [2.75, 3.05) is 0 Å². The van der Waals surface area contributed by atoms with Crippen molar-refractivity contribution in [1.82, 2.24) is 4.57 Å². The molecule has 20 heavy (non-hydrogen) atoms. The van der Waals surface area contributed by atoms with Crippen LogP contribution in [0.2, 0.25) is 0 Å². The van der Waals surface area contributed by atoms with Crippen molar-refractivity contribution in [3.8, 4) is 0 Å². The molecule has 0 saturated heterocycles. The summed E-state index contributed by atoms with van der Waals surface area (Å²) in [5.74, 6) is -0.785. The highest BCUT2D eigenvalue weighted by Crippen LogP contribution is 2.26. The number of hydrogen-bond acceptors (Lipinski definition) is 3. The van der Waals surface area contributed by atoms with Crippen LogP contribution in [-0.4, -0.2) is 20.6 Å². The Hall–Kier alpha value is -2.37. The molecule has 6 heteroatoms. The highest BCUT2D eigenvalue weighted by molar-refractivity contribution is 5.88. The third-order valence-corrected chi connectivity index (χ3v) is 3.25. The van der Waals surface area contributed by atoms with E-state index in [2.05, 4.69) is 0 Å². The Balaban J connectivity index is 2.07. The highest BCUT2D eigenvalue weighted by atomic mass is 16.6. The molecule has 0 fully saturated rings. The summed E-state index contributed by atoms with van der Waals surface area (Å²) >= 11 is 0. The first-order chi connectivity index (χ1) is 9.59. The zero-order chi connectivity index (χ0) is 14.5. The lowest BCUT2D eigenvalue weighted by molar-refractivity contribution is -0.383. The van der Waals surface area contributed by atoms with Gasteiger partial charge in [-0.15, -0.1) is 0 Å². The third-order valence-electron chi connectivity index (χ3n) is 3.25. The molecule has 0 unspecified atom stereocenters. The van der Waals surface area contributed by atoms with E-state index in [-0.39, 0.29) is 17.0 Å². The van der Waals surface area contributed by atoms with Gasteiger partial charge in [-0.05, 0) is 18.9 Å². The zero-order valence-corrected chi connectivity index (χ0v) is 11.0. The van der Waals surface area contributed by atoms with Gasteiger partial charge in [0.1, 0.15) is 5.52 Å². The maximum absolute atomic E-state index is 11.0. The van der Waals surface area contributed by atoms with Crippen molar-refractivity contribution in [2.45, 2.75) is 32.2 Å². The molecular formula is C14H16N2O4. The zero-order valence-electron chi connectivity index (χ0n) is 11.0. The number of carboxylic acid groups (broad SMARTS) is 1. The Labute approximate surface area is 115 Å². The van der Waals surface area contributed by atoms with Crippen LogP contribution in [0.1, 0.15) is 25.7 Å². The summed E-state index contributed by atoms with van der Waals surface area (Å²) in [5, 5.41) is 20.5. The van der Waals surface area contributed by atoms with Gasteiger partial charge in [-0.3, -0.25) is 14.9 Å². The SMILES string of the molecule is O=C(O)CCCCCn1ccc2cccc([N+](=O)[O-])c21. The van der Waals surface area contributed by atoms with E-state index >= 15 is 0 Å². The van der Waals surface area contributed by atoms with Crippen LogP contribution in [0.15, 0.2) is 30.5 Å². The van der Waals surface area contributed by atoms with Gasteiger partial charge in [-0.25, -0.2) is 0 Å². The molecule has 1 aromatic heterocycles. The van der Waals surface area contributed by atoms with Crippen LogP contribution in [0.3, 0.4) is 0 Å². The second kappa shape index (κ2) is 6.18. The van der Waals surface area contributed by atoms with Crippen molar-refractivity contribution in [2.24, 2.45) is 0 Å². The molecule has 1 N–H and O–H groups in total. The van der Waals surface area contributed by atoms with Gasteiger partial charge in [0.2, 0.25) is 0 Å². The van der Waals surface area contributed by atoms with Gasteiger partial charge >= 0.3 is 5.97 Å². The number of nitro groups is 1. The van der Waals surface area contributed by atoms with Crippen LogP contribution >= 0.6 is 0 Å². The van der Waals surface area contributed by atoms with Gasteiger partial charge < -0.3 is 9.67 Å². The first-order valence-corrected chi connectivity index (χ1v) is 6.53. The largest absolute Gasteiger partial charge is 0.481 e. The first kappa shape index (κ1) is 14.0. The molecule has 2 aromatic rings. The summed E-state index contributed by atoms with van der Waals surface area (Å²) in [5.41, 5.74) is 0.744. The fourth-order valence-electron chi connectivity index (χ4n) is 2.31. The molecule has 1 aromatic carbocycles. The van der Waals surface area contributed by atoms with E-state index in [0.717, 1.165) is 18.2 Å². The molecule has 0 aliphatic carbocycles. The number of fused-ring (bicyclic) bond motifs is 1. The highest BCUT2D eigenvalue weighted by Gasteiger charge is 2.14. The Morgan fingerprint density at radius 3 is 2.75 bits per heavy atom. The molecule has 0 spiro atoms. The number of aryl methyl sites for hydroxylation is 1. The molecule has 106 valence electrons. The van der Waals surface area contributed by atoms with E-state index in [0.29, 0.717) is 18.5 Å². The number of unbranched alkanes of at least 4 members (excludes halogenated alkanes) is 2. The second-order valence-corrected chi connectivity index (χ2v) is 4.69. The Morgan fingerprint density at radius 1 is 1.25 bits per heavy atom. The molecule has 0 amide bonds. The first-order valence-electron chi connectivity index (χ1n) is 6.53. The van der Waals surface area contributed by atoms with Crippen molar-refractivity contribution in [3.63, 3.8) is 0 Å². The number of carbonyl (C=O) groups is 1. The van der Waals surface area contributed by atoms with Crippen LogP contribution in [0.25, 0.3) is 10.9 Å². The fourth-order valence-corrected chi connectivity index (χ4v) is 2.31. The molecule has 0 atom stereocenters. The van der Waals surface area contributed by atoms with Gasteiger partial charge in [0.25, 0.3) is 5.69 Å². The maximum atomic E-state index is 11.0. The standard InChI is InChI=1S/C14H16N2O4/c17-13(18)7-2-1-3-9-15-10-8-11-5-4-6-12(14(11)15)16(19)20/h4-6,8,10H,1-3,7,9H2,(H,17,18). The second-order valence-electron chi connectivity index (χ2n) is 4.69. The minimum atomic E-state index is -0.785. The number of para-hydroxylation sites is 1. The number of rotatable bonds is 7. The molecule has 0 bridgehead atoms. The van der Waals surface area contributed by atoms with Crippen LogP contribution in [-0.2, 0) is 11.3 Å². The molecule has 0 aliphatic heterocycles. The van der Waals surface area contributed by atoms with E-state index in [1.54, 1.807) is 6.07 Å². The summed E-state index contributed by atoms with van der Waals surface area (Å²) in [4.78, 5) is 21.1. The van der Waals surface area contributed by atoms with Crippen LogP contribution in [0.4, 0.5) is 5.69 Å². The van der Waals surface area contributed by atoms with E-state index in [1.807, 2.05) is 22.9 Å². The van der Waals surface area contributed by atoms with E-state index in [9.17, 15) is 14.9 Å². The van der Waals surface area contributed by atoms with Gasteiger partial charge in [0.05, 0.1) is 4.92 Å². The Kier molecular flexibility index (Phi) is 4.34. The number of aliphatic carboxylic acids is 1. The average Bonchev–Trinajstić information content (AvgIpc) is 2.81. The molecule has 0 aliphatic rings. The van der Waals surface area contributed by atoms with Gasteiger partial charge in [-0.2, -0.15) is 0 Å². The van der Waals surface area contributed by atoms with Crippen LogP contribution in [0.5, 0.6) is 0 Å². The molecule has 2 rings (SSSR count). The summed E-state index contributed by atoms with van der Waals surface area (Å²) < 4.78 is 1.87. The minimum absolute atomic E-state index is 0.109. The summed E-state index contributed by atoms with van der Waals surface area (Å²) in [6, 6.07) is 6.89. The van der Waals surface area contributed by atoms with Crippen LogP contribution < -0.4 is 0 Å². The summed E-state index contributed by atoms with van der Waals surface area (Å²) in [7, 11) is 0. The van der Waals surface area contributed by atoms with Gasteiger partial charge in [0.15, 0.2) is 0 Å². The normalized spacial score (nSPS) is 10.8. The smallest absolute Gasteiger partial charge is 0.303 e. The van der Waals surface area contributed by atoms with E-state index in [4.69, 9.17) is 5.11 Å². The molecule has 0 saturated carbocycles. The number of benzene rings is 1. The lowest BCUT2D eigenvalue weighted by Crippen LogP contribution is -2.00. The van der Waals surface area contributed by atoms with E-state index < -0.39 is 5.97 Å². The van der Waals surface area contributed by atoms with E-state index in [1.165, 1.54) is 6.07 Å². The lowest BCUT2D eigenvalue weighted by atomic mass is 10.2. The number of nitrogens with zero attached hydrogens (tertiary/aromatic N) is 2. The lowest BCUT2D eigenvalue weighted by Gasteiger charge is -2.05. The summed E-state index contributed by atoms with van der Waals surface area (Å²) in [6.07, 6.45) is 4.26. The Bertz CT molecular complexity index is 633. The average molecular weight is 276 g/mol. The topological polar surface area (TPSA) is 85.4 Å². The van der Waals surface area contributed by atoms with Crippen molar-refractivity contribution in [3.05, 3.63) is 40.6 Å². The van der Waals surface area contributed by atoms with Crippen LogP contribution in [0, 0.1) is 10.1 Å². The fraction of sp³-hybridized carbons (Fsp3) is 0.357. The monoisotopic (exact) mass is 276 g/mol. The number of carboxylic acids is 1. The number of aromatic nitrogens is 1. The summed E-state index contributed by atoms with van der Waals surface area (Å²) in [6.45, 7) is 0.661. The quantitative estimate of drug-likeness (QED) is 0.478. The Morgan fingerprint density at radius 2 is 2.05 bits per heavy atom. The molecule has 1 heterocycles. The maximum Gasteiger partial charge on any atom is 0.303 e. The minimum Gasteiger partial charge on any atom is -0.481 e. The van der Waals surface area contributed by atoms with Gasteiger partial charge in [-0.1, -0.05) is 18.6 Å². The molecule has 0 radical (unpaired) electrons. The van der Waals surface area contributed by atoms with Crippen molar-refractivity contribution in [1.29, 1.82) is 0 Å². The molecular weight excluding hydrogens is 260 g/mol. The number of non-ortho nitro benzene ring substituents is 1. The number of nitro benzene ring substituents is 1. The molecule has 6 nitrogen and oxygen atoms in total. The third kappa shape index (κ3) is 3.14. The predicted molar refractivity (Wildman–Crippen MR) is 74.7 cm³/mol. The van der Waals surface area contributed by atoms with Crippen molar-refractivity contribution < 1.29 is 14.8 Å². The van der Waals surface area contributed by atoms with Gasteiger partial charge in [0, 0.05) is 30.6 Å².